The highest BCUT2D eigenvalue weighted by Crippen LogP contribution is 2.50. The van der Waals surface area contributed by atoms with Crippen LogP contribution >= 0.6 is 0 Å². The molecule has 3 unspecified atom stereocenters. The van der Waals surface area contributed by atoms with Gasteiger partial charge in [0.2, 0.25) is 5.91 Å². The lowest BCUT2D eigenvalue weighted by atomic mass is 9.94. The first-order valence-corrected chi connectivity index (χ1v) is 5.29. The van der Waals surface area contributed by atoms with Crippen LogP contribution in [-0.4, -0.2) is 53.7 Å². The molecule has 3 saturated heterocycles. The van der Waals surface area contributed by atoms with Crippen molar-refractivity contribution in [2.24, 2.45) is 0 Å². The molecule has 0 radical (unpaired) electrons. The summed E-state index contributed by atoms with van der Waals surface area (Å²) >= 11 is 0. The van der Waals surface area contributed by atoms with Crippen LogP contribution in [0.25, 0.3) is 0 Å². The molecule has 0 bridgehead atoms. The van der Waals surface area contributed by atoms with E-state index in [4.69, 9.17) is 4.74 Å². The molecule has 3 fully saturated rings. The second-order valence-corrected chi connectivity index (χ2v) is 4.74. The molecule has 78 valence electrons. The first kappa shape index (κ1) is 8.68. The fourth-order valence-electron chi connectivity index (χ4n) is 3.28. The second-order valence-electron chi connectivity index (χ2n) is 4.74. The van der Waals surface area contributed by atoms with Crippen LogP contribution in [0.4, 0.5) is 0 Å². The Bertz CT molecular complexity index is 294. The molecule has 4 heteroatoms. The van der Waals surface area contributed by atoms with Gasteiger partial charge in [0.1, 0.15) is 12.3 Å². The molecule has 0 N–H and O–H groups in total. The molecule has 1 spiro atoms. The molecule has 3 atom stereocenters. The van der Waals surface area contributed by atoms with Gasteiger partial charge in [0.05, 0.1) is 5.54 Å². The topological polar surface area (TPSA) is 36.1 Å². The average molecular weight is 196 g/mol. The minimum atomic E-state index is 0.0191. The van der Waals surface area contributed by atoms with Crippen LogP contribution in [0.15, 0.2) is 0 Å². The van der Waals surface area contributed by atoms with E-state index in [9.17, 15) is 4.79 Å². The van der Waals surface area contributed by atoms with E-state index in [0.29, 0.717) is 6.10 Å². The normalized spacial score (nSPS) is 46.0. The number of amides is 1. The number of epoxide rings is 1. The number of fused-ring (bicyclic) bond motifs is 2. The number of carbonyl (C=O) groups is 1. The smallest absolute Gasteiger partial charge is 0.220 e. The Morgan fingerprint density at radius 1 is 1.57 bits per heavy atom. The van der Waals surface area contributed by atoms with Gasteiger partial charge in [0.25, 0.3) is 0 Å². The van der Waals surface area contributed by atoms with E-state index in [1.54, 1.807) is 6.92 Å². The minimum Gasteiger partial charge on any atom is -0.350 e. The summed E-state index contributed by atoms with van der Waals surface area (Å²) in [5.41, 5.74) is 0.0191. The summed E-state index contributed by atoms with van der Waals surface area (Å²) in [7, 11) is 2.08. The van der Waals surface area contributed by atoms with E-state index < -0.39 is 0 Å². The van der Waals surface area contributed by atoms with Gasteiger partial charge in [0.15, 0.2) is 0 Å². The third-order valence-electron chi connectivity index (χ3n) is 3.86. The summed E-state index contributed by atoms with van der Waals surface area (Å²) in [5.74, 6) is 0.201. The van der Waals surface area contributed by atoms with Crippen LogP contribution < -0.4 is 0 Å². The van der Waals surface area contributed by atoms with E-state index in [1.165, 1.54) is 0 Å². The molecule has 3 aliphatic rings. The zero-order chi connectivity index (χ0) is 9.92. The monoisotopic (exact) mass is 196 g/mol. The van der Waals surface area contributed by atoms with Gasteiger partial charge in [-0.25, -0.2) is 0 Å². The highest BCUT2D eigenvalue weighted by molar-refractivity contribution is 5.75. The lowest BCUT2D eigenvalue weighted by Crippen LogP contribution is -2.52. The number of likely N-dealkylation sites (N-methyl/N-ethyl adjacent to an activating group) is 1. The molecule has 0 aromatic rings. The highest BCUT2D eigenvalue weighted by Gasteiger charge is 2.67. The predicted octanol–water partition coefficient (Wildman–Crippen LogP) is 0.0378. The van der Waals surface area contributed by atoms with E-state index in [1.807, 2.05) is 4.90 Å². The zero-order valence-corrected chi connectivity index (χ0v) is 8.69. The molecule has 0 aromatic heterocycles. The SMILES string of the molecule is CC(=O)N1CCCC12CN(C)C1OC12. The van der Waals surface area contributed by atoms with Gasteiger partial charge in [-0.15, -0.1) is 0 Å². The van der Waals surface area contributed by atoms with Crippen molar-refractivity contribution in [3.05, 3.63) is 0 Å². The first-order chi connectivity index (χ1) is 6.65. The number of hydrogen-bond acceptors (Lipinski definition) is 3. The standard InChI is InChI=1S/C10H16N2O2/c1-7(13)12-5-3-4-10(12)6-11(2)9-8(10)14-9/h8-9H,3-6H2,1-2H3. The molecule has 14 heavy (non-hydrogen) atoms. The minimum absolute atomic E-state index is 0.0191. The van der Waals surface area contributed by atoms with Crippen LogP contribution in [0.2, 0.25) is 0 Å². The second kappa shape index (κ2) is 2.49. The fraction of sp³-hybridized carbons (Fsp3) is 0.900. The Kier molecular flexibility index (Phi) is 1.55. The van der Waals surface area contributed by atoms with Gasteiger partial charge in [-0.3, -0.25) is 9.69 Å². The van der Waals surface area contributed by atoms with Crippen molar-refractivity contribution in [1.82, 2.24) is 9.80 Å². The lowest BCUT2D eigenvalue weighted by Gasteiger charge is -2.35. The van der Waals surface area contributed by atoms with Crippen molar-refractivity contribution < 1.29 is 9.53 Å². The van der Waals surface area contributed by atoms with Gasteiger partial charge in [-0.05, 0) is 19.9 Å². The Hall–Kier alpha value is -0.610. The molecule has 0 saturated carbocycles. The third kappa shape index (κ3) is 0.880. The Balaban J connectivity index is 1.92. The van der Waals surface area contributed by atoms with Crippen LogP contribution in [0.3, 0.4) is 0 Å². The zero-order valence-electron chi connectivity index (χ0n) is 8.69. The number of ether oxygens (including phenoxy) is 1. The molecule has 4 nitrogen and oxygen atoms in total. The molecular formula is C10H16N2O2. The Labute approximate surface area is 83.8 Å². The number of hydrogen-bond donors (Lipinski definition) is 0. The summed E-state index contributed by atoms with van der Waals surface area (Å²) in [4.78, 5) is 15.8. The molecule has 3 aliphatic heterocycles. The number of carbonyl (C=O) groups excluding carboxylic acids is 1. The largest absolute Gasteiger partial charge is 0.350 e. The number of rotatable bonds is 0. The summed E-state index contributed by atoms with van der Waals surface area (Å²) in [5, 5.41) is 0. The Morgan fingerprint density at radius 2 is 2.36 bits per heavy atom. The van der Waals surface area contributed by atoms with Crippen LogP contribution in [-0.2, 0) is 9.53 Å². The highest BCUT2D eigenvalue weighted by atomic mass is 16.6. The van der Waals surface area contributed by atoms with Crippen molar-refractivity contribution in [2.45, 2.75) is 37.6 Å². The van der Waals surface area contributed by atoms with E-state index in [0.717, 1.165) is 25.9 Å². The quantitative estimate of drug-likeness (QED) is 0.513. The molecule has 3 heterocycles. The van der Waals surface area contributed by atoms with Crippen molar-refractivity contribution in [1.29, 1.82) is 0 Å². The lowest BCUT2D eigenvalue weighted by molar-refractivity contribution is -0.134. The summed E-state index contributed by atoms with van der Waals surface area (Å²) in [6, 6.07) is 0. The third-order valence-corrected chi connectivity index (χ3v) is 3.86. The van der Waals surface area contributed by atoms with Crippen molar-refractivity contribution in [2.75, 3.05) is 20.1 Å². The maximum atomic E-state index is 11.5. The van der Waals surface area contributed by atoms with Gasteiger partial charge in [-0.1, -0.05) is 0 Å². The predicted molar refractivity (Wildman–Crippen MR) is 50.6 cm³/mol. The number of nitrogens with zero attached hydrogens (tertiary/aromatic N) is 2. The molecule has 0 aromatic carbocycles. The van der Waals surface area contributed by atoms with Gasteiger partial charge >= 0.3 is 0 Å². The summed E-state index contributed by atoms with van der Waals surface area (Å²) < 4.78 is 5.62. The van der Waals surface area contributed by atoms with Crippen molar-refractivity contribution >= 4 is 5.91 Å². The van der Waals surface area contributed by atoms with Crippen molar-refractivity contribution in [3.63, 3.8) is 0 Å². The first-order valence-electron chi connectivity index (χ1n) is 5.29. The summed E-state index contributed by atoms with van der Waals surface area (Å²) in [6.45, 7) is 3.57. The number of likely N-dealkylation sites (tertiary alicyclic amines) is 2. The van der Waals surface area contributed by atoms with Crippen LogP contribution in [0.1, 0.15) is 19.8 Å². The van der Waals surface area contributed by atoms with E-state index in [2.05, 4.69) is 11.9 Å². The molecule has 0 aliphatic carbocycles. The maximum Gasteiger partial charge on any atom is 0.220 e. The summed E-state index contributed by atoms with van der Waals surface area (Å²) in [6.07, 6.45) is 2.81. The molecule has 3 rings (SSSR count). The van der Waals surface area contributed by atoms with Gasteiger partial charge in [-0.2, -0.15) is 0 Å². The maximum absolute atomic E-state index is 11.5. The Morgan fingerprint density at radius 3 is 2.86 bits per heavy atom. The van der Waals surface area contributed by atoms with Gasteiger partial charge in [0, 0.05) is 20.0 Å². The van der Waals surface area contributed by atoms with E-state index in [-0.39, 0.29) is 17.7 Å². The average Bonchev–Trinajstić information content (AvgIpc) is 2.76. The van der Waals surface area contributed by atoms with Gasteiger partial charge < -0.3 is 9.64 Å². The van der Waals surface area contributed by atoms with Crippen LogP contribution in [0.5, 0.6) is 0 Å². The molecular weight excluding hydrogens is 180 g/mol. The fourth-order valence-corrected chi connectivity index (χ4v) is 3.28. The van der Waals surface area contributed by atoms with E-state index >= 15 is 0 Å². The van der Waals surface area contributed by atoms with Crippen LogP contribution in [0, 0.1) is 0 Å². The molecule has 1 amide bonds. The van der Waals surface area contributed by atoms with Crippen molar-refractivity contribution in [3.8, 4) is 0 Å².